The molecule has 0 bridgehead atoms. The van der Waals surface area contributed by atoms with Crippen molar-refractivity contribution in [3.05, 3.63) is 64.3 Å². The molecule has 1 amide bonds. The summed E-state index contributed by atoms with van der Waals surface area (Å²) in [5, 5.41) is 11.6. The number of hydrogen-bond acceptors (Lipinski definition) is 6. The van der Waals surface area contributed by atoms with E-state index in [1.807, 2.05) is 0 Å². The highest BCUT2D eigenvalue weighted by molar-refractivity contribution is 7.89. The molecule has 0 fully saturated rings. The quantitative estimate of drug-likeness (QED) is 0.544. The zero-order valence-corrected chi connectivity index (χ0v) is 16.2. The summed E-state index contributed by atoms with van der Waals surface area (Å²) in [5.74, 6) is -1.69. The lowest BCUT2D eigenvalue weighted by Crippen LogP contribution is -2.30. The van der Waals surface area contributed by atoms with Crippen LogP contribution in [0.4, 0.5) is 10.1 Å². The lowest BCUT2D eigenvalue weighted by Gasteiger charge is -2.11. The Morgan fingerprint density at radius 2 is 1.86 bits per heavy atom. The van der Waals surface area contributed by atoms with Crippen LogP contribution in [0.1, 0.15) is 24.2 Å². The second-order valence-corrected chi connectivity index (χ2v) is 8.05. The number of nitrogens with zero attached hydrogens (tertiary/aromatic N) is 3. The fourth-order valence-corrected chi connectivity index (χ4v) is 3.75. The van der Waals surface area contributed by atoms with E-state index in [9.17, 15) is 22.4 Å². The topological polar surface area (TPSA) is 139 Å². The van der Waals surface area contributed by atoms with Crippen molar-refractivity contribution in [2.45, 2.75) is 24.8 Å². The highest BCUT2D eigenvalue weighted by Gasteiger charge is 2.20. The minimum atomic E-state index is -3.88. The van der Waals surface area contributed by atoms with E-state index in [1.54, 1.807) is 13.8 Å². The second kappa shape index (κ2) is 7.93. The molecule has 29 heavy (non-hydrogen) atoms. The van der Waals surface area contributed by atoms with Crippen molar-refractivity contribution in [2.24, 2.45) is 0 Å². The predicted octanol–water partition coefficient (Wildman–Crippen LogP) is 1.03. The van der Waals surface area contributed by atoms with E-state index >= 15 is 0 Å². The van der Waals surface area contributed by atoms with Crippen LogP contribution in [0.25, 0.3) is 5.69 Å². The molecule has 3 N–H and O–H groups in total. The number of benzene rings is 2. The lowest BCUT2D eigenvalue weighted by atomic mass is 10.2. The summed E-state index contributed by atoms with van der Waals surface area (Å²) in [6, 6.07) is 8.58. The Kier molecular flexibility index (Phi) is 5.57. The number of anilines is 1. The maximum Gasteiger partial charge on any atom is 0.365 e. The van der Waals surface area contributed by atoms with Crippen LogP contribution in [-0.2, 0) is 10.0 Å². The minimum absolute atomic E-state index is 0.224. The third-order valence-electron chi connectivity index (χ3n) is 3.73. The number of carbonyl (C=O) groups excluding carboxylic acids is 1. The van der Waals surface area contributed by atoms with Gasteiger partial charge in [0.15, 0.2) is 0 Å². The van der Waals surface area contributed by atoms with Crippen LogP contribution in [0, 0.1) is 5.82 Å². The van der Waals surface area contributed by atoms with Gasteiger partial charge in [0.25, 0.3) is 5.91 Å². The maximum atomic E-state index is 14.1. The highest BCUT2D eigenvalue weighted by atomic mass is 32.2. The van der Waals surface area contributed by atoms with Crippen molar-refractivity contribution in [3.8, 4) is 5.69 Å². The van der Waals surface area contributed by atoms with Gasteiger partial charge in [-0.25, -0.2) is 27.4 Å². The molecule has 0 spiro atoms. The van der Waals surface area contributed by atoms with E-state index in [1.165, 1.54) is 24.3 Å². The number of aromatic nitrogens is 4. The molecule has 0 aliphatic heterocycles. The van der Waals surface area contributed by atoms with Gasteiger partial charge in [0.1, 0.15) is 5.82 Å². The van der Waals surface area contributed by atoms with Crippen LogP contribution < -0.4 is 15.7 Å². The molecule has 152 valence electrons. The maximum absolute atomic E-state index is 14.1. The molecule has 1 heterocycles. The van der Waals surface area contributed by atoms with Crippen LogP contribution in [0.5, 0.6) is 0 Å². The van der Waals surface area contributed by atoms with Crippen LogP contribution >= 0.6 is 0 Å². The number of H-pyrrole nitrogens is 1. The molecular formula is C17H17FN6O4S. The molecule has 0 unspecified atom stereocenters. The van der Waals surface area contributed by atoms with E-state index in [0.29, 0.717) is 11.4 Å². The zero-order valence-electron chi connectivity index (χ0n) is 15.4. The van der Waals surface area contributed by atoms with Gasteiger partial charge in [0.2, 0.25) is 10.0 Å². The molecule has 0 aliphatic rings. The van der Waals surface area contributed by atoms with E-state index in [2.05, 4.69) is 25.6 Å². The van der Waals surface area contributed by atoms with Gasteiger partial charge < -0.3 is 5.32 Å². The van der Waals surface area contributed by atoms with Crippen LogP contribution in [-0.4, -0.2) is 40.6 Å². The summed E-state index contributed by atoms with van der Waals surface area (Å²) in [6.07, 6.45) is 0. The number of halogens is 1. The van der Waals surface area contributed by atoms with Crippen molar-refractivity contribution in [1.29, 1.82) is 0 Å². The van der Waals surface area contributed by atoms with Gasteiger partial charge >= 0.3 is 5.69 Å². The standard InChI is InChI=1S/C17H17FN6O4S/c1-10(2)21-29(27,28)13-7-8-15(18)14(9-13)16(25)19-11-3-5-12(6-4-11)24-17(26)20-22-23-24/h3-10,21H,1-2H3,(H,19,25)(H,20,23,26). The molecule has 0 saturated carbocycles. The fourth-order valence-electron chi connectivity index (χ4n) is 2.48. The molecule has 0 atom stereocenters. The highest BCUT2D eigenvalue weighted by Crippen LogP contribution is 2.18. The van der Waals surface area contributed by atoms with E-state index in [4.69, 9.17) is 0 Å². The van der Waals surface area contributed by atoms with Crippen molar-refractivity contribution < 1.29 is 17.6 Å². The molecule has 0 saturated heterocycles. The molecule has 12 heteroatoms. The summed E-state index contributed by atoms with van der Waals surface area (Å²) < 4.78 is 42.0. The number of aromatic amines is 1. The third-order valence-corrected chi connectivity index (χ3v) is 5.38. The van der Waals surface area contributed by atoms with E-state index in [-0.39, 0.29) is 10.9 Å². The Labute approximate surface area is 164 Å². The number of sulfonamides is 1. The number of rotatable bonds is 6. The number of amides is 1. The number of nitrogens with one attached hydrogen (secondary N) is 3. The normalized spacial score (nSPS) is 11.6. The molecule has 1 aromatic heterocycles. The molecule has 10 nitrogen and oxygen atoms in total. The van der Waals surface area contributed by atoms with Crippen molar-refractivity contribution in [2.75, 3.05) is 5.32 Å². The Hall–Kier alpha value is -3.38. The second-order valence-electron chi connectivity index (χ2n) is 6.34. The van der Waals surface area contributed by atoms with E-state index in [0.717, 1.165) is 22.9 Å². The summed E-state index contributed by atoms with van der Waals surface area (Å²) in [4.78, 5) is 23.7. The Bertz CT molecular complexity index is 1200. The van der Waals surface area contributed by atoms with Crippen LogP contribution in [0.3, 0.4) is 0 Å². The van der Waals surface area contributed by atoms with Crippen molar-refractivity contribution in [3.63, 3.8) is 0 Å². The summed E-state index contributed by atoms with van der Waals surface area (Å²) in [5.41, 5.74) is -0.241. The molecule has 2 aromatic carbocycles. The van der Waals surface area contributed by atoms with Gasteiger partial charge in [-0.1, -0.05) is 0 Å². The first kappa shape index (κ1) is 20.4. The first-order valence-corrected chi connectivity index (χ1v) is 9.90. The fraction of sp³-hybridized carbons (Fsp3) is 0.176. The summed E-state index contributed by atoms with van der Waals surface area (Å²) in [7, 11) is -3.88. The molecular weight excluding hydrogens is 403 g/mol. The summed E-state index contributed by atoms with van der Waals surface area (Å²) >= 11 is 0. The van der Waals surface area contributed by atoms with Crippen LogP contribution in [0.2, 0.25) is 0 Å². The molecule has 0 radical (unpaired) electrons. The monoisotopic (exact) mass is 420 g/mol. The average Bonchev–Trinajstić information content (AvgIpc) is 3.07. The van der Waals surface area contributed by atoms with Gasteiger partial charge in [-0.2, -0.15) is 4.68 Å². The zero-order chi connectivity index (χ0) is 21.2. The number of carbonyl (C=O) groups is 1. The van der Waals surface area contributed by atoms with E-state index < -0.39 is 33.0 Å². The SMILES string of the molecule is CC(C)NS(=O)(=O)c1ccc(F)c(C(=O)Nc2ccc(-n3nn[nH]c3=O)cc2)c1. The first-order chi connectivity index (χ1) is 13.7. The third kappa shape index (κ3) is 4.55. The van der Waals surface area contributed by atoms with Gasteiger partial charge in [-0.05, 0) is 66.7 Å². The average molecular weight is 420 g/mol. The van der Waals surface area contributed by atoms with Gasteiger partial charge in [0.05, 0.1) is 16.1 Å². The van der Waals surface area contributed by atoms with Crippen molar-refractivity contribution >= 4 is 21.6 Å². The molecule has 3 aromatic rings. The smallest absolute Gasteiger partial charge is 0.322 e. The predicted molar refractivity (Wildman–Crippen MR) is 102 cm³/mol. The Morgan fingerprint density at radius 3 is 2.45 bits per heavy atom. The van der Waals surface area contributed by atoms with Crippen LogP contribution in [0.15, 0.2) is 52.2 Å². The summed E-state index contributed by atoms with van der Waals surface area (Å²) in [6.45, 7) is 3.29. The Morgan fingerprint density at radius 1 is 1.17 bits per heavy atom. The minimum Gasteiger partial charge on any atom is -0.322 e. The Balaban J connectivity index is 1.83. The largest absolute Gasteiger partial charge is 0.365 e. The van der Waals surface area contributed by atoms with Gasteiger partial charge in [0, 0.05) is 11.7 Å². The van der Waals surface area contributed by atoms with Gasteiger partial charge in [-0.3, -0.25) is 4.79 Å². The first-order valence-electron chi connectivity index (χ1n) is 8.41. The number of hydrogen-bond donors (Lipinski definition) is 3. The molecule has 0 aliphatic carbocycles. The number of tetrazole rings is 1. The van der Waals surface area contributed by atoms with Crippen molar-refractivity contribution in [1.82, 2.24) is 24.9 Å². The van der Waals surface area contributed by atoms with Gasteiger partial charge in [-0.15, -0.1) is 0 Å². The lowest BCUT2D eigenvalue weighted by molar-refractivity contribution is 0.102. The molecule has 3 rings (SSSR count).